The van der Waals surface area contributed by atoms with Crippen molar-refractivity contribution in [3.05, 3.63) is 94.9 Å². The summed E-state index contributed by atoms with van der Waals surface area (Å²) in [5, 5.41) is 4.70. The van der Waals surface area contributed by atoms with Crippen LogP contribution < -0.4 is 10.1 Å². The van der Waals surface area contributed by atoms with E-state index >= 15 is 0 Å². The van der Waals surface area contributed by atoms with E-state index in [0.29, 0.717) is 24.4 Å². The summed E-state index contributed by atoms with van der Waals surface area (Å²) >= 11 is 6.27. The lowest BCUT2D eigenvalue weighted by Gasteiger charge is -2.20. The first-order valence-electron chi connectivity index (χ1n) is 10.2. The number of hydrogen-bond acceptors (Lipinski definition) is 3. The molecule has 0 fully saturated rings. The van der Waals surface area contributed by atoms with E-state index in [-0.39, 0.29) is 11.8 Å². The van der Waals surface area contributed by atoms with Crippen LogP contribution in [0.15, 0.2) is 73.1 Å². The number of hydrogen-bond donors (Lipinski definition) is 2. The van der Waals surface area contributed by atoms with Gasteiger partial charge >= 0.3 is 0 Å². The number of aromatic nitrogens is 2. The summed E-state index contributed by atoms with van der Waals surface area (Å²) in [6.07, 6.45) is 4.70. The van der Waals surface area contributed by atoms with Crippen molar-refractivity contribution >= 4 is 28.4 Å². The number of carbonyl (C=O) groups excluding carboxylic acids is 1. The number of para-hydroxylation sites is 1. The maximum Gasteiger partial charge on any atom is 0.220 e. The number of benzene rings is 2. The van der Waals surface area contributed by atoms with Crippen LogP contribution in [0, 0.1) is 0 Å². The van der Waals surface area contributed by atoms with E-state index in [1.54, 1.807) is 13.3 Å². The van der Waals surface area contributed by atoms with Gasteiger partial charge in [0.25, 0.3) is 0 Å². The lowest BCUT2D eigenvalue weighted by atomic mass is 9.87. The Morgan fingerprint density at radius 2 is 1.97 bits per heavy atom. The van der Waals surface area contributed by atoms with Gasteiger partial charge in [-0.25, -0.2) is 0 Å². The zero-order valence-electron chi connectivity index (χ0n) is 17.3. The first-order valence-corrected chi connectivity index (χ1v) is 10.6. The van der Waals surface area contributed by atoms with Crippen molar-refractivity contribution in [2.45, 2.75) is 18.8 Å². The fourth-order valence-corrected chi connectivity index (χ4v) is 4.05. The number of ether oxygens (including phenoxy) is 1. The number of fused-ring (bicyclic) bond motifs is 1. The predicted octanol–water partition coefficient (Wildman–Crippen LogP) is 5.11. The van der Waals surface area contributed by atoms with Crippen LogP contribution in [0.5, 0.6) is 5.75 Å². The van der Waals surface area contributed by atoms with E-state index in [2.05, 4.69) is 15.3 Å². The first-order chi connectivity index (χ1) is 15.2. The predicted molar refractivity (Wildman–Crippen MR) is 124 cm³/mol. The summed E-state index contributed by atoms with van der Waals surface area (Å²) in [5.74, 6) is 0.548. The molecule has 1 amide bonds. The molecular weight excluding hydrogens is 410 g/mol. The molecule has 158 valence electrons. The Labute approximate surface area is 186 Å². The van der Waals surface area contributed by atoms with Gasteiger partial charge in [0.05, 0.1) is 7.11 Å². The molecule has 2 heterocycles. The fourth-order valence-electron chi connectivity index (χ4n) is 3.88. The van der Waals surface area contributed by atoms with E-state index in [9.17, 15) is 4.79 Å². The summed E-state index contributed by atoms with van der Waals surface area (Å²) in [5.41, 5.74) is 3.91. The molecule has 6 heteroatoms. The highest BCUT2D eigenvalue weighted by atomic mass is 35.5. The molecule has 31 heavy (non-hydrogen) atoms. The van der Waals surface area contributed by atoms with Gasteiger partial charge < -0.3 is 15.0 Å². The van der Waals surface area contributed by atoms with Crippen molar-refractivity contribution in [1.82, 2.24) is 15.3 Å². The van der Waals surface area contributed by atoms with Gasteiger partial charge in [-0.1, -0.05) is 35.9 Å². The third kappa shape index (κ3) is 4.89. The van der Waals surface area contributed by atoms with Crippen molar-refractivity contribution in [2.75, 3.05) is 13.7 Å². The van der Waals surface area contributed by atoms with Crippen LogP contribution in [0.25, 0.3) is 10.9 Å². The van der Waals surface area contributed by atoms with Gasteiger partial charge in [-0.2, -0.15) is 0 Å². The number of rotatable bonds is 8. The van der Waals surface area contributed by atoms with Crippen molar-refractivity contribution in [2.24, 2.45) is 0 Å². The molecule has 2 N–H and O–H groups in total. The minimum absolute atomic E-state index is 0.0248. The van der Waals surface area contributed by atoms with E-state index in [4.69, 9.17) is 16.3 Å². The van der Waals surface area contributed by atoms with Crippen LogP contribution in [0.3, 0.4) is 0 Å². The van der Waals surface area contributed by atoms with Gasteiger partial charge in [0.15, 0.2) is 0 Å². The number of aromatic amines is 1. The highest BCUT2D eigenvalue weighted by molar-refractivity contribution is 6.31. The molecule has 0 saturated heterocycles. The average molecular weight is 434 g/mol. The molecule has 2 aromatic heterocycles. The van der Waals surface area contributed by atoms with E-state index in [0.717, 1.165) is 33.5 Å². The maximum absolute atomic E-state index is 12.9. The van der Waals surface area contributed by atoms with Crippen LogP contribution in [-0.2, 0) is 11.2 Å². The topological polar surface area (TPSA) is 67.0 Å². The zero-order chi connectivity index (χ0) is 21.6. The molecular formula is C25H24ClN3O2. The lowest BCUT2D eigenvalue weighted by molar-refractivity contribution is -0.121. The number of H-pyrrole nitrogens is 1. The number of halogens is 1. The van der Waals surface area contributed by atoms with Crippen LogP contribution >= 0.6 is 11.6 Å². The zero-order valence-corrected chi connectivity index (χ0v) is 18.0. The molecule has 0 unspecified atom stereocenters. The standard InChI is InChI=1S/C25H24ClN3O2/c1-31-24-8-3-2-7-19(24)20(22-16-29-23-10-9-17(26)14-21(22)23)15-25(30)28-13-11-18-6-4-5-12-27-18/h2-10,12,14,16,20,29H,11,13,15H2,1H3,(H,28,30)/t20-/m0/s1. The van der Waals surface area contributed by atoms with Gasteiger partial charge in [0.2, 0.25) is 5.91 Å². The molecule has 0 bridgehead atoms. The third-order valence-electron chi connectivity index (χ3n) is 5.38. The molecule has 0 aliphatic rings. The van der Waals surface area contributed by atoms with Crippen molar-refractivity contribution in [1.29, 1.82) is 0 Å². The molecule has 0 spiro atoms. The van der Waals surface area contributed by atoms with Gasteiger partial charge in [-0.3, -0.25) is 9.78 Å². The summed E-state index contributed by atoms with van der Waals surface area (Å²) in [6, 6.07) is 19.3. The van der Waals surface area contributed by atoms with Gasteiger partial charge in [0.1, 0.15) is 5.75 Å². The monoisotopic (exact) mass is 433 g/mol. The number of carbonyl (C=O) groups is 1. The summed E-state index contributed by atoms with van der Waals surface area (Å²) in [7, 11) is 1.65. The Bertz CT molecular complexity index is 1170. The lowest BCUT2D eigenvalue weighted by Crippen LogP contribution is -2.27. The van der Waals surface area contributed by atoms with Crippen LogP contribution in [0.4, 0.5) is 0 Å². The molecule has 0 aliphatic heterocycles. The van der Waals surface area contributed by atoms with E-state index < -0.39 is 0 Å². The average Bonchev–Trinajstić information content (AvgIpc) is 3.21. The second-order valence-corrected chi connectivity index (χ2v) is 7.79. The molecule has 5 nitrogen and oxygen atoms in total. The number of nitrogens with one attached hydrogen (secondary N) is 2. The van der Waals surface area contributed by atoms with Crippen LogP contribution in [0.1, 0.15) is 29.2 Å². The highest BCUT2D eigenvalue weighted by Crippen LogP contribution is 2.38. The van der Waals surface area contributed by atoms with Gasteiger partial charge in [-0.15, -0.1) is 0 Å². The summed E-state index contributed by atoms with van der Waals surface area (Å²) in [4.78, 5) is 20.5. The molecule has 0 aliphatic carbocycles. The molecule has 4 rings (SSSR count). The number of methoxy groups -OCH3 is 1. The Morgan fingerprint density at radius 1 is 1.13 bits per heavy atom. The van der Waals surface area contributed by atoms with Gasteiger partial charge in [0, 0.05) is 64.9 Å². The summed E-state index contributed by atoms with van der Waals surface area (Å²) in [6.45, 7) is 0.536. The highest BCUT2D eigenvalue weighted by Gasteiger charge is 2.24. The molecule has 0 saturated carbocycles. The molecule has 0 radical (unpaired) electrons. The Balaban J connectivity index is 1.59. The Morgan fingerprint density at radius 3 is 2.77 bits per heavy atom. The third-order valence-corrected chi connectivity index (χ3v) is 5.62. The minimum Gasteiger partial charge on any atom is -0.496 e. The maximum atomic E-state index is 12.9. The fraction of sp³-hybridized carbons (Fsp3) is 0.200. The normalized spacial score (nSPS) is 11.9. The van der Waals surface area contributed by atoms with Crippen LogP contribution in [-0.4, -0.2) is 29.5 Å². The second kappa shape index (κ2) is 9.67. The molecule has 2 aromatic carbocycles. The first kappa shape index (κ1) is 20.9. The second-order valence-electron chi connectivity index (χ2n) is 7.35. The number of pyridine rings is 1. The number of amides is 1. The van der Waals surface area contributed by atoms with Crippen molar-refractivity contribution in [3.63, 3.8) is 0 Å². The SMILES string of the molecule is COc1ccccc1[C@H](CC(=O)NCCc1ccccn1)c1c[nH]c2ccc(Cl)cc12. The Hall–Kier alpha value is -3.31. The largest absolute Gasteiger partial charge is 0.496 e. The smallest absolute Gasteiger partial charge is 0.220 e. The van der Waals surface area contributed by atoms with E-state index in [1.807, 2.05) is 66.9 Å². The Kier molecular flexibility index (Phi) is 6.53. The van der Waals surface area contributed by atoms with Gasteiger partial charge in [-0.05, 0) is 42.0 Å². The molecule has 1 atom stereocenters. The van der Waals surface area contributed by atoms with Crippen molar-refractivity contribution < 1.29 is 9.53 Å². The number of nitrogens with zero attached hydrogens (tertiary/aromatic N) is 1. The quantitative estimate of drug-likeness (QED) is 0.406. The van der Waals surface area contributed by atoms with Crippen molar-refractivity contribution in [3.8, 4) is 5.75 Å². The molecule has 4 aromatic rings. The minimum atomic E-state index is -0.182. The van der Waals surface area contributed by atoms with E-state index in [1.165, 1.54) is 0 Å². The summed E-state index contributed by atoms with van der Waals surface area (Å²) < 4.78 is 5.60. The van der Waals surface area contributed by atoms with Crippen LogP contribution in [0.2, 0.25) is 5.02 Å².